The van der Waals surface area contributed by atoms with E-state index >= 15 is 4.39 Å². The topological polar surface area (TPSA) is 291 Å². The number of unbranched alkanes of at least 4 members (excludes halogenated alkanes) is 2. The Morgan fingerprint density at radius 1 is 0.887 bits per heavy atom. The normalized spacial score (nSPS) is 19.6. The van der Waals surface area contributed by atoms with Crippen LogP contribution >= 0.6 is 0 Å². The molecule has 0 bridgehead atoms. The van der Waals surface area contributed by atoms with E-state index in [1.807, 2.05) is 0 Å². The van der Waals surface area contributed by atoms with E-state index in [4.69, 9.17) is 14.5 Å². The van der Waals surface area contributed by atoms with Crippen molar-refractivity contribution in [2.75, 3.05) is 32.9 Å². The summed E-state index contributed by atoms with van der Waals surface area (Å²) in [5.74, 6) is -5.37. The highest BCUT2D eigenvalue weighted by Gasteiger charge is 2.46. The highest BCUT2D eigenvalue weighted by Crippen LogP contribution is 2.48. The summed E-state index contributed by atoms with van der Waals surface area (Å²) in [5, 5.41) is 24.9. The van der Waals surface area contributed by atoms with Gasteiger partial charge in [-0.25, -0.2) is 14.2 Å². The number of pyridine rings is 2. The molecule has 5 heterocycles. The smallest absolute Gasteiger partial charge is 0.343 e. The number of hydrogen-bond donors (Lipinski definition) is 6. The first kappa shape index (κ1) is 57.0. The molecule has 80 heavy (non-hydrogen) atoms. The van der Waals surface area contributed by atoms with Gasteiger partial charge in [0, 0.05) is 60.7 Å². The predicted molar refractivity (Wildman–Crippen MR) is 285 cm³/mol. The van der Waals surface area contributed by atoms with Gasteiger partial charge in [-0.05, 0) is 85.6 Å². The van der Waals surface area contributed by atoms with Gasteiger partial charge >= 0.3 is 5.97 Å². The third kappa shape index (κ3) is 12.3. The molecule has 2 fully saturated rings. The summed E-state index contributed by atoms with van der Waals surface area (Å²) in [6.45, 7) is 3.38. The largest absolute Gasteiger partial charge is 0.458 e. The van der Waals surface area contributed by atoms with Crippen LogP contribution in [0.15, 0.2) is 47.3 Å². The fraction of sp³-hybridized carbons (Fsp3) is 0.500. The number of carbonyl (C=O) groups excluding carboxylic acids is 9. The van der Waals surface area contributed by atoms with E-state index < -0.39 is 78.4 Å². The number of aromatic nitrogens is 2. The number of amides is 7. The zero-order chi connectivity index (χ0) is 57.0. The molecule has 1 unspecified atom stereocenters. The van der Waals surface area contributed by atoms with E-state index in [0.717, 1.165) is 29.4 Å². The van der Waals surface area contributed by atoms with Crippen LogP contribution in [0.25, 0.3) is 22.3 Å². The molecular weight excluding hydrogens is 1040 g/mol. The number of nitrogens with zero attached hydrogens (tertiary/aromatic N) is 3. The van der Waals surface area contributed by atoms with Gasteiger partial charge in [0.1, 0.15) is 31.3 Å². The van der Waals surface area contributed by atoms with Crippen LogP contribution in [0.1, 0.15) is 129 Å². The van der Waals surface area contributed by atoms with Gasteiger partial charge in [-0.3, -0.25) is 48.1 Å². The molecule has 424 valence electrons. The molecule has 2 aliphatic carbocycles. The number of imide groups is 1. The molecular formula is C58H67FN8O13. The molecule has 7 amide bonds. The Labute approximate surface area is 460 Å². The van der Waals surface area contributed by atoms with E-state index in [-0.39, 0.29) is 104 Å². The summed E-state index contributed by atoms with van der Waals surface area (Å²) >= 11 is 0. The number of cyclic esters (lactones) is 1. The van der Waals surface area contributed by atoms with Crippen molar-refractivity contribution in [3.63, 3.8) is 0 Å². The molecule has 4 aromatic rings. The minimum atomic E-state index is -2.04. The van der Waals surface area contributed by atoms with Gasteiger partial charge in [0.2, 0.25) is 41.4 Å². The molecule has 0 radical (unpaired) electrons. The number of halogens is 1. The SMILES string of the molecule is CC[C@@]1(O)C(=O)OCc2c1cc1n(c2=O)Cc2c-1nc1cc(F)c(C)c3c1c2[C@@H](CC(=O)[C@@H](CC1CC1)OCNC(=O)CNC(=O)[C@H](Cc1ccccc1)NC(=O)CNC(=O)CNC(=O)CCCCCN1C(=O)CC(C)C1=O)CC3. The molecule has 2 aromatic heterocycles. The van der Waals surface area contributed by atoms with Crippen molar-refractivity contribution >= 4 is 64.0 Å². The summed E-state index contributed by atoms with van der Waals surface area (Å²) in [7, 11) is 0. The van der Waals surface area contributed by atoms with E-state index in [0.29, 0.717) is 78.7 Å². The Morgan fingerprint density at radius 3 is 2.34 bits per heavy atom. The van der Waals surface area contributed by atoms with Gasteiger partial charge in [-0.2, -0.15) is 0 Å². The van der Waals surface area contributed by atoms with Crippen molar-refractivity contribution in [1.82, 2.24) is 41.0 Å². The lowest BCUT2D eigenvalue weighted by atomic mass is 9.76. The minimum Gasteiger partial charge on any atom is -0.458 e. The zero-order valence-electron chi connectivity index (χ0n) is 45.1. The van der Waals surface area contributed by atoms with Crippen molar-refractivity contribution in [3.05, 3.63) is 97.6 Å². The number of aryl methyl sites for hydroxylation is 1. The van der Waals surface area contributed by atoms with E-state index in [1.54, 1.807) is 57.2 Å². The van der Waals surface area contributed by atoms with Crippen molar-refractivity contribution in [1.29, 1.82) is 0 Å². The molecule has 2 aromatic carbocycles. The van der Waals surface area contributed by atoms with E-state index in [1.165, 1.54) is 15.5 Å². The molecule has 9 rings (SSSR count). The molecule has 0 spiro atoms. The van der Waals surface area contributed by atoms with Gasteiger partial charge < -0.3 is 45.7 Å². The molecule has 3 aliphatic heterocycles. The molecule has 5 aliphatic rings. The van der Waals surface area contributed by atoms with Gasteiger partial charge in [-0.15, -0.1) is 0 Å². The van der Waals surface area contributed by atoms with Gasteiger partial charge in [0.15, 0.2) is 11.4 Å². The fourth-order valence-electron chi connectivity index (χ4n) is 11.4. The maximum absolute atomic E-state index is 15.6. The van der Waals surface area contributed by atoms with Crippen molar-refractivity contribution < 1.29 is 62.1 Å². The fourth-order valence-corrected chi connectivity index (χ4v) is 11.4. The average Bonchev–Trinajstić information content (AvgIpc) is 4.22. The second kappa shape index (κ2) is 24.3. The van der Waals surface area contributed by atoms with E-state index in [9.17, 15) is 53.1 Å². The van der Waals surface area contributed by atoms with E-state index in [2.05, 4.69) is 26.6 Å². The summed E-state index contributed by atoms with van der Waals surface area (Å²) in [6, 6.07) is 10.6. The quantitative estimate of drug-likeness (QED) is 0.0212. The number of hydrogen-bond acceptors (Lipinski definition) is 14. The molecule has 1 saturated heterocycles. The average molecular weight is 1100 g/mol. The van der Waals surface area contributed by atoms with Gasteiger partial charge in [-0.1, -0.05) is 63.4 Å². The maximum atomic E-state index is 15.6. The highest BCUT2D eigenvalue weighted by molar-refractivity contribution is 6.03. The number of likely N-dealkylation sites (tertiary alicyclic amines) is 1. The summed E-state index contributed by atoms with van der Waals surface area (Å²) < 4.78 is 28.5. The summed E-state index contributed by atoms with van der Waals surface area (Å²) in [6.07, 6.45) is 4.31. The lowest BCUT2D eigenvalue weighted by Gasteiger charge is -2.31. The Hall–Kier alpha value is -7.72. The molecule has 5 atom stereocenters. The number of esters is 1. The molecule has 21 nitrogen and oxygen atoms in total. The Bertz CT molecular complexity index is 3230. The number of ether oxygens (including phenoxy) is 2. The Kier molecular flexibility index (Phi) is 17.3. The van der Waals surface area contributed by atoms with Crippen LogP contribution in [0.5, 0.6) is 0 Å². The number of aliphatic hydroxyl groups is 1. The monoisotopic (exact) mass is 1100 g/mol. The van der Waals surface area contributed by atoms with Crippen LogP contribution < -0.4 is 32.1 Å². The summed E-state index contributed by atoms with van der Waals surface area (Å²) in [5.41, 5.74) is 2.39. The molecule has 6 N–H and O–H groups in total. The van der Waals surface area contributed by atoms with Crippen LogP contribution in [0.4, 0.5) is 4.39 Å². The Morgan fingerprint density at radius 2 is 1.61 bits per heavy atom. The second-order valence-corrected chi connectivity index (χ2v) is 21.7. The van der Waals surface area contributed by atoms with Gasteiger partial charge in [0.25, 0.3) is 5.56 Å². The number of ketones is 1. The van der Waals surface area contributed by atoms with Crippen molar-refractivity contribution in [2.45, 2.75) is 141 Å². The lowest BCUT2D eigenvalue weighted by molar-refractivity contribution is -0.172. The number of rotatable bonds is 25. The van der Waals surface area contributed by atoms with Crippen LogP contribution in [0.3, 0.4) is 0 Å². The Balaban J connectivity index is 0.779. The highest BCUT2D eigenvalue weighted by atomic mass is 19.1. The maximum Gasteiger partial charge on any atom is 0.343 e. The van der Waals surface area contributed by atoms with Crippen molar-refractivity contribution in [3.8, 4) is 11.4 Å². The lowest BCUT2D eigenvalue weighted by Crippen LogP contribution is -2.52. The van der Waals surface area contributed by atoms with Crippen LogP contribution in [-0.2, 0) is 84.2 Å². The number of Topliss-reactive ketones (excluding diaryl/α,β-unsaturated/α-hetero) is 1. The first-order valence-electron chi connectivity index (χ1n) is 27.6. The number of fused-ring (bicyclic) bond motifs is 5. The molecule has 1 saturated carbocycles. The third-order valence-corrected chi connectivity index (χ3v) is 16.1. The zero-order valence-corrected chi connectivity index (χ0v) is 45.1. The second-order valence-electron chi connectivity index (χ2n) is 21.7. The van der Waals surface area contributed by atoms with Gasteiger partial charge in [0.05, 0.1) is 48.6 Å². The first-order valence-corrected chi connectivity index (χ1v) is 27.6. The third-order valence-electron chi connectivity index (χ3n) is 16.1. The first-order chi connectivity index (χ1) is 38.3. The standard InChI is InChI=1S/C58H67FN8O13/c1-4-58(78)39-23-43-53-37(28-67(43)56(76)38(39)29-79-57(58)77)51-35(16-17-36-32(3)40(59)24-41(65-53)52(36)51)22-44(68)45(21-34-14-15-34)80-30-63-48(71)26-62-54(74)42(20-33-11-7-5-8-12-33)64-49(72)27-61-47(70)25-60-46(69)13-9-6-10-18-66-50(73)19-31(2)55(66)75/h5,7-8,11-12,23-24,31,34-35,42,45,78H,4,6,9-10,13-22,25-30H2,1-3H3,(H,60,69)(H,61,70)(H,62,74)(H,63,71)(H,64,72)/t31?,35-,42+,45-,58+/m1/s1. The van der Waals surface area contributed by atoms with Crippen LogP contribution in [0, 0.1) is 24.6 Å². The predicted octanol–water partition coefficient (Wildman–Crippen LogP) is 2.81. The van der Waals surface area contributed by atoms with Crippen LogP contribution in [-0.4, -0.2) is 118 Å². The van der Waals surface area contributed by atoms with Crippen LogP contribution in [0.2, 0.25) is 0 Å². The molecule has 22 heteroatoms. The minimum absolute atomic E-state index is 0.0360. The number of carbonyl (C=O) groups is 9. The number of nitrogens with one attached hydrogen (secondary N) is 5. The number of benzene rings is 2. The summed E-state index contributed by atoms with van der Waals surface area (Å²) in [4.78, 5) is 136. The van der Waals surface area contributed by atoms with Crippen molar-refractivity contribution in [2.24, 2.45) is 11.8 Å².